The average molecular weight is 229 g/mol. The molecular formula is C8H6F3N5. The van der Waals surface area contributed by atoms with Gasteiger partial charge in [0.15, 0.2) is 0 Å². The van der Waals surface area contributed by atoms with Crippen LogP contribution in [0.3, 0.4) is 0 Å². The van der Waals surface area contributed by atoms with E-state index in [1.54, 1.807) is 0 Å². The van der Waals surface area contributed by atoms with Gasteiger partial charge in [0.2, 0.25) is 5.82 Å². The van der Waals surface area contributed by atoms with Gasteiger partial charge in [0.05, 0.1) is 0 Å². The number of azide groups is 1. The van der Waals surface area contributed by atoms with Crippen molar-refractivity contribution in [1.82, 2.24) is 9.97 Å². The molecule has 0 atom stereocenters. The fraction of sp³-hybridized carbons (Fsp3) is 0.250. The lowest BCUT2D eigenvalue weighted by Crippen LogP contribution is -2.10. The number of nitrogens with zero attached hydrogens (tertiary/aromatic N) is 5. The maximum absolute atomic E-state index is 12.1. The number of alkyl halides is 3. The fourth-order valence-corrected chi connectivity index (χ4v) is 0.843. The van der Waals surface area contributed by atoms with E-state index in [0.29, 0.717) is 5.56 Å². The van der Waals surface area contributed by atoms with E-state index in [2.05, 4.69) is 20.0 Å². The van der Waals surface area contributed by atoms with Crippen LogP contribution in [0.4, 0.5) is 13.2 Å². The summed E-state index contributed by atoms with van der Waals surface area (Å²) < 4.78 is 36.2. The third-order valence-electron chi connectivity index (χ3n) is 1.49. The predicted octanol–water partition coefficient (Wildman–Crippen LogP) is 2.82. The van der Waals surface area contributed by atoms with Gasteiger partial charge in [-0.15, -0.1) is 0 Å². The van der Waals surface area contributed by atoms with E-state index >= 15 is 0 Å². The lowest BCUT2D eigenvalue weighted by molar-refractivity contribution is -0.145. The van der Waals surface area contributed by atoms with Crippen molar-refractivity contribution in [1.29, 1.82) is 0 Å². The molecule has 1 aromatic heterocycles. The Hall–Kier alpha value is -2.08. The van der Waals surface area contributed by atoms with Gasteiger partial charge in [-0.25, -0.2) is 9.97 Å². The third-order valence-corrected chi connectivity index (χ3v) is 1.49. The Balaban J connectivity index is 2.72. The molecule has 5 nitrogen and oxygen atoms in total. The quantitative estimate of drug-likeness (QED) is 0.454. The largest absolute Gasteiger partial charge is 0.451 e. The molecule has 0 aromatic carbocycles. The maximum Gasteiger partial charge on any atom is 0.451 e. The number of aromatic nitrogens is 2. The van der Waals surface area contributed by atoms with Gasteiger partial charge in [-0.05, 0) is 5.53 Å². The van der Waals surface area contributed by atoms with Crippen LogP contribution < -0.4 is 0 Å². The summed E-state index contributed by atoms with van der Waals surface area (Å²) in [6.45, 7) is 0.123. The topological polar surface area (TPSA) is 74.5 Å². The SMILES string of the molecule is [N-]=[N+]=NCC=Cc1cnc(C(F)(F)F)nc1. The molecule has 0 aliphatic rings. The summed E-state index contributed by atoms with van der Waals surface area (Å²) in [5.74, 6) is -1.18. The Bertz CT molecular complexity index is 416. The van der Waals surface area contributed by atoms with Gasteiger partial charge >= 0.3 is 6.18 Å². The van der Waals surface area contributed by atoms with Gasteiger partial charge in [0.1, 0.15) is 0 Å². The Kier molecular flexibility index (Phi) is 3.84. The van der Waals surface area contributed by atoms with Crippen molar-refractivity contribution in [3.05, 3.63) is 40.3 Å². The minimum Gasteiger partial charge on any atom is -0.232 e. The van der Waals surface area contributed by atoms with Gasteiger partial charge in [-0.3, -0.25) is 0 Å². The zero-order valence-electron chi connectivity index (χ0n) is 7.89. The molecule has 16 heavy (non-hydrogen) atoms. The summed E-state index contributed by atoms with van der Waals surface area (Å²) in [5.41, 5.74) is 8.37. The van der Waals surface area contributed by atoms with E-state index in [4.69, 9.17) is 5.53 Å². The van der Waals surface area contributed by atoms with Gasteiger partial charge < -0.3 is 0 Å². The Morgan fingerprint density at radius 1 is 1.38 bits per heavy atom. The van der Waals surface area contributed by atoms with Crippen LogP contribution in [0.25, 0.3) is 16.5 Å². The van der Waals surface area contributed by atoms with Crippen molar-refractivity contribution in [2.24, 2.45) is 5.11 Å². The number of rotatable bonds is 3. The second-order valence-electron chi connectivity index (χ2n) is 2.65. The minimum absolute atomic E-state index is 0.123. The van der Waals surface area contributed by atoms with Crippen molar-refractivity contribution in [2.75, 3.05) is 6.54 Å². The van der Waals surface area contributed by atoms with E-state index < -0.39 is 12.0 Å². The summed E-state index contributed by atoms with van der Waals surface area (Å²) in [7, 11) is 0. The van der Waals surface area contributed by atoms with Crippen molar-refractivity contribution in [3.8, 4) is 0 Å². The summed E-state index contributed by atoms with van der Waals surface area (Å²) >= 11 is 0. The van der Waals surface area contributed by atoms with E-state index in [1.807, 2.05) is 0 Å². The molecule has 0 amide bonds. The van der Waals surface area contributed by atoms with Crippen LogP contribution in [0.2, 0.25) is 0 Å². The number of halogens is 3. The standard InChI is InChI=1S/C8H6F3N5/c9-8(10,11)7-13-4-6(5-14-7)2-1-3-15-16-12/h1-2,4-5H,3H2. The van der Waals surface area contributed by atoms with Gasteiger partial charge in [-0.2, -0.15) is 13.2 Å². The normalized spacial score (nSPS) is 11.4. The Morgan fingerprint density at radius 3 is 2.50 bits per heavy atom. The van der Waals surface area contributed by atoms with Crippen LogP contribution in [-0.2, 0) is 6.18 Å². The Morgan fingerprint density at radius 2 is 2.00 bits per heavy atom. The number of hydrogen-bond acceptors (Lipinski definition) is 3. The van der Waals surface area contributed by atoms with Gasteiger partial charge in [0.25, 0.3) is 0 Å². The lowest BCUT2D eigenvalue weighted by Gasteiger charge is -2.03. The third kappa shape index (κ3) is 3.58. The van der Waals surface area contributed by atoms with Crippen LogP contribution in [0, 0.1) is 0 Å². The zero-order chi connectivity index (χ0) is 12.0. The summed E-state index contributed by atoms with van der Waals surface area (Å²) in [6.07, 6.45) is 0.513. The Labute approximate surface area is 88.3 Å². The molecule has 0 unspecified atom stereocenters. The highest BCUT2D eigenvalue weighted by Crippen LogP contribution is 2.25. The molecule has 0 saturated heterocycles. The summed E-state index contributed by atoms with van der Waals surface area (Å²) in [4.78, 5) is 8.82. The first kappa shape index (κ1) is 12.0. The minimum atomic E-state index is -4.53. The van der Waals surface area contributed by atoms with Crippen molar-refractivity contribution >= 4 is 6.08 Å². The predicted molar refractivity (Wildman–Crippen MR) is 50.1 cm³/mol. The molecule has 0 aliphatic carbocycles. The van der Waals surface area contributed by atoms with Crippen LogP contribution in [0.1, 0.15) is 11.4 Å². The number of hydrogen-bond donors (Lipinski definition) is 0. The van der Waals surface area contributed by atoms with Crippen LogP contribution in [0.15, 0.2) is 23.6 Å². The first-order valence-corrected chi connectivity index (χ1v) is 4.10. The van der Waals surface area contributed by atoms with Crippen molar-refractivity contribution in [2.45, 2.75) is 6.18 Å². The molecule has 1 aromatic rings. The molecule has 8 heteroatoms. The molecule has 1 heterocycles. The fourth-order valence-electron chi connectivity index (χ4n) is 0.843. The smallest absolute Gasteiger partial charge is 0.232 e. The lowest BCUT2D eigenvalue weighted by atomic mass is 10.3. The van der Waals surface area contributed by atoms with E-state index in [1.165, 1.54) is 12.2 Å². The maximum atomic E-state index is 12.1. The highest BCUT2D eigenvalue weighted by atomic mass is 19.4. The van der Waals surface area contributed by atoms with E-state index in [-0.39, 0.29) is 6.54 Å². The van der Waals surface area contributed by atoms with Gasteiger partial charge in [0, 0.05) is 29.4 Å². The monoisotopic (exact) mass is 229 g/mol. The van der Waals surface area contributed by atoms with Crippen molar-refractivity contribution in [3.63, 3.8) is 0 Å². The molecule has 0 aliphatic heterocycles. The van der Waals surface area contributed by atoms with Crippen LogP contribution in [-0.4, -0.2) is 16.5 Å². The average Bonchev–Trinajstić information content (AvgIpc) is 2.24. The first-order chi connectivity index (χ1) is 7.54. The molecule has 0 saturated carbocycles. The summed E-state index contributed by atoms with van der Waals surface area (Å²) in [5, 5.41) is 3.22. The molecule has 0 bridgehead atoms. The first-order valence-electron chi connectivity index (χ1n) is 4.10. The highest BCUT2D eigenvalue weighted by Gasteiger charge is 2.34. The van der Waals surface area contributed by atoms with Crippen LogP contribution in [0.5, 0.6) is 0 Å². The van der Waals surface area contributed by atoms with E-state index in [0.717, 1.165) is 12.4 Å². The van der Waals surface area contributed by atoms with Crippen molar-refractivity contribution < 1.29 is 13.2 Å². The van der Waals surface area contributed by atoms with E-state index in [9.17, 15) is 13.2 Å². The molecule has 0 N–H and O–H groups in total. The van der Waals surface area contributed by atoms with Crippen LogP contribution >= 0.6 is 0 Å². The molecular weight excluding hydrogens is 223 g/mol. The second-order valence-corrected chi connectivity index (χ2v) is 2.65. The molecule has 1 rings (SSSR count). The molecule has 0 radical (unpaired) electrons. The molecule has 0 fully saturated rings. The van der Waals surface area contributed by atoms with Gasteiger partial charge in [-0.1, -0.05) is 17.3 Å². The highest BCUT2D eigenvalue weighted by molar-refractivity contribution is 5.46. The zero-order valence-corrected chi connectivity index (χ0v) is 7.89. The summed E-state index contributed by atoms with van der Waals surface area (Å²) in [6, 6.07) is 0. The molecule has 84 valence electrons. The second kappa shape index (κ2) is 5.13. The molecule has 0 spiro atoms.